The maximum absolute atomic E-state index is 13.3. The Morgan fingerprint density at radius 2 is 1.97 bits per heavy atom. The van der Waals surface area contributed by atoms with Crippen LogP contribution < -0.4 is 10.1 Å². The minimum atomic E-state index is -0.994. The monoisotopic (exact) mass is 582 g/mol. The lowest BCUT2D eigenvalue weighted by Gasteiger charge is -2.44. The van der Waals surface area contributed by atoms with E-state index in [0.717, 1.165) is 42.1 Å². The summed E-state index contributed by atoms with van der Waals surface area (Å²) < 4.78 is 7.08. The van der Waals surface area contributed by atoms with Gasteiger partial charge in [0.1, 0.15) is 18.0 Å². The Kier molecular flexibility index (Phi) is 10.4. The highest BCUT2D eigenvalue weighted by Gasteiger charge is 2.42. The molecule has 186 valence electrons. The summed E-state index contributed by atoms with van der Waals surface area (Å²) in [5.74, 6) is 0.158. The zero-order chi connectivity index (χ0) is 24.5. The maximum Gasteiger partial charge on any atom is 0.247 e. The number of nitrogens with one attached hydrogen (secondary N) is 1. The minimum absolute atomic E-state index is 0.0137. The zero-order valence-electron chi connectivity index (χ0n) is 19.7. The number of carbonyl (C=O) groups excluding carboxylic acids is 2. The third-order valence-electron chi connectivity index (χ3n) is 6.39. The average molecular weight is 582 g/mol. The Bertz CT molecular complexity index is 897. The van der Waals surface area contributed by atoms with Crippen molar-refractivity contribution in [1.29, 1.82) is 0 Å². The first-order chi connectivity index (χ1) is 16.5. The molecule has 2 amide bonds. The van der Waals surface area contributed by atoms with Gasteiger partial charge in [0.05, 0.1) is 16.2 Å². The summed E-state index contributed by atoms with van der Waals surface area (Å²) in [7, 11) is 0. The van der Waals surface area contributed by atoms with Gasteiger partial charge in [-0.1, -0.05) is 44.4 Å². The Morgan fingerprint density at radius 1 is 1.24 bits per heavy atom. The van der Waals surface area contributed by atoms with Crippen molar-refractivity contribution >= 4 is 34.4 Å². The second-order valence-corrected chi connectivity index (χ2v) is 9.96. The number of para-hydroxylation sites is 1. The van der Waals surface area contributed by atoms with Crippen LogP contribution in [0.3, 0.4) is 0 Å². The first-order valence-corrected chi connectivity index (χ1v) is 13.2. The second kappa shape index (κ2) is 13.3. The van der Waals surface area contributed by atoms with Crippen LogP contribution in [-0.4, -0.2) is 64.4 Å². The summed E-state index contributed by atoms with van der Waals surface area (Å²) >= 11 is 2.17. The van der Waals surface area contributed by atoms with E-state index in [-0.39, 0.29) is 37.4 Å². The number of hydrogen-bond acceptors (Lipinski definition) is 5. The highest BCUT2D eigenvalue weighted by molar-refractivity contribution is 14.1. The number of benzene rings is 1. The van der Waals surface area contributed by atoms with Crippen LogP contribution in [-0.2, 0) is 9.59 Å². The summed E-state index contributed by atoms with van der Waals surface area (Å²) in [4.78, 5) is 28.0. The van der Waals surface area contributed by atoms with Crippen LogP contribution in [0.25, 0.3) is 0 Å². The number of carbonyl (C=O) groups is 2. The summed E-state index contributed by atoms with van der Waals surface area (Å²) in [5.41, 5.74) is 0.452. The maximum atomic E-state index is 13.3. The van der Waals surface area contributed by atoms with Crippen LogP contribution >= 0.6 is 22.6 Å². The van der Waals surface area contributed by atoms with Gasteiger partial charge in [-0.15, -0.1) is 0 Å². The van der Waals surface area contributed by atoms with E-state index in [9.17, 15) is 14.7 Å². The fraction of sp³-hybridized carbons (Fsp3) is 0.538. The van der Waals surface area contributed by atoms with Crippen molar-refractivity contribution in [2.24, 2.45) is 0 Å². The van der Waals surface area contributed by atoms with Crippen LogP contribution in [0.5, 0.6) is 5.75 Å². The lowest BCUT2D eigenvalue weighted by Crippen LogP contribution is -2.58. The third-order valence-corrected chi connectivity index (χ3v) is 7.28. The van der Waals surface area contributed by atoms with Gasteiger partial charge >= 0.3 is 0 Å². The van der Waals surface area contributed by atoms with Gasteiger partial charge in [0.25, 0.3) is 0 Å². The molecule has 0 saturated heterocycles. The van der Waals surface area contributed by atoms with Crippen LogP contribution in [0.15, 0.2) is 48.1 Å². The predicted molar refractivity (Wildman–Crippen MR) is 139 cm³/mol. The van der Waals surface area contributed by atoms with E-state index in [0.29, 0.717) is 11.3 Å². The summed E-state index contributed by atoms with van der Waals surface area (Å²) in [5, 5.41) is 23.3. The number of amides is 2. The Morgan fingerprint density at radius 3 is 2.65 bits per heavy atom. The van der Waals surface area contributed by atoms with E-state index in [1.807, 2.05) is 37.3 Å². The highest BCUT2D eigenvalue weighted by Crippen LogP contribution is 2.33. The molecule has 1 aromatic rings. The lowest BCUT2D eigenvalue weighted by molar-refractivity contribution is -0.138. The largest absolute Gasteiger partial charge is 0.482 e. The van der Waals surface area contributed by atoms with Crippen molar-refractivity contribution in [2.45, 2.75) is 76.2 Å². The van der Waals surface area contributed by atoms with Gasteiger partial charge in [0.15, 0.2) is 0 Å². The highest BCUT2D eigenvalue weighted by atomic mass is 127. The summed E-state index contributed by atoms with van der Waals surface area (Å²) in [6.07, 6.45) is 9.24. The van der Waals surface area contributed by atoms with Crippen molar-refractivity contribution in [3.05, 3.63) is 51.6 Å². The zero-order valence-corrected chi connectivity index (χ0v) is 21.8. The number of nitrogens with zero attached hydrogens (tertiary/aromatic N) is 1. The lowest BCUT2D eigenvalue weighted by atomic mass is 9.85. The molecule has 0 unspecified atom stereocenters. The number of allylic oxidation sites excluding steroid dienone is 1. The third kappa shape index (κ3) is 6.82. The molecule has 0 spiro atoms. The van der Waals surface area contributed by atoms with Crippen LogP contribution in [0.2, 0.25) is 0 Å². The van der Waals surface area contributed by atoms with E-state index in [1.165, 1.54) is 0 Å². The molecule has 0 radical (unpaired) electrons. The molecule has 34 heavy (non-hydrogen) atoms. The van der Waals surface area contributed by atoms with E-state index in [4.69, 9.17) is 9.84 Å². The first-order valence-electron chi connectivity index (χ1n) is 12.1. The molecule has 2 aliphatic carbocycles. The van der Waals surface area contributed by atoms with Crippen molar-refractivity contribution in [1.82, 2.24) is 10.2 Å². The van der Waals surface area contributed by atoms with Gasteiger partial charge in [-0.05, 0) is 66.1 Å². The van der Waals surface area contributed by atoms with Crippen LogP contribution in [0.4, 0.5) is 0 Å². The van der Waals surface area contributed by atoms with Gasteiger partial charge in [-0.25, -0.2) is 0 Å². The van der Waals surface area contributed by atoms with Crippen molar-refractivity contribution in [3.8, 4) is 5.75 Å². The molecule has 3 rings (SSSR count). The van der Waals surface area contributed by atoms with Crippen molar-refractivity contribution < 1.29 is 24.5 Å². The van der Waals surface area contributed by atoms with Gasteiger partial charge in [-0.3, -0.25) is 9.59 Å². The van der Waals surface area contributed by atoms with Gasteiger partial charge < -0.3 is 25.2 Å². The molecule has 0 aliphatic heterocycles. The molecule has 0 aromatic heterocycles. The van der Waals surface area contributed by atoms with E-state index >= 15 is 0 Å². The Hall–Kier alpha value is -1.91. The van der Waals surface area contributed by atoms with E-state index in [1.54, 1.807) is 17.1 Å². The molecule has 3 atom stereocenters. The second-order valence-electron chi connectivity index (χ2n) is 8.79. The molecule has 0 bridgehead atoms. The van der Waals surface area contributed by atoms with Crippen LogP contribution in [0, 0.1) is 3.57 Å². The van der Waals surface area contributed by atoms with Gasteiger partial charge in [0.2, 0.25) is 11.8 Å². The first kappa shape index (κ1) is 26.7. The summed E-state index contributed by atoms with van der Waals surface area (Å²) in [6, 6.07) is 6.92. The Balaban J connectivity index is 1.96. The normalized spacial score (nSPS) is 23.4. The minimum Gasteiger partial charge on any atom is -0.482 e. The van der Waals surface area contributed by atoms with Crippen molar-refractivity contribution in [3.63, 3.8) is 0 Å². The molecule has 8 heteroatoms. The number of aliphatic hydroxyl groups is 2. The molecular formula is C26H35IN2O5. The number of ether oxygens (including phenoxy) is 1. The number of halogens is 1. The number of aliphatic hydroxyl groups excluding tert-OH is 2. The fourth-order valence-electron chi connectivity index (χ4n) is 4.71. The molecule has 1 saturated carbocycles. The smallest absolute Gasteiger partial charge is 0.247 e. The fourth-order valence-corrected chi connectivity index (χ4v) is 5.23. The van der Waals surface area contributed by atoms with E-state index < -0.39 is 18.2 Å². The standard InChI is InChI=1S/C26H35IN2O5/c1-2-3-13-24(31)29(19-9-5-4-6-10-19)21-16-18(26(33)28-14-15-30)17-23(25(21)32)34-22-12-8-7-11-20(22)27/h3,7-8,11-13,17,19,21,23,25,30,32H,2,4-6,9-10,14-16H2,1H3,(H,28,33)/t21-,23+,25+/m1/s1. The molecular weight excluding hydrogens is 547 g/mol. The predicted octanol–water partition coefficient (Wildman–Crippen LogP) is 3.33. The molecule has 0 heterocycles. The topological polar surface area (TPSA) is 99.1 Å². The molecule has 1 fully saturated rings. The van der Waals surface area contributed by atoms with Crippen LogP contribution in [0.1, 0.15) is 51.9 Å². The van der Waals surface area contributed by atoms with E-state index in [2.05, 4.69) is 27.9 Å². The van der Waals surface area contributed by atoms with Gasteiger partial charge in [0, 0.05) is 24.6 Å². The van der Waals surface area contributed by atoms with Gasteiger partial charge in [-0.2, -0.15) is 0 Å². The molecule has 7 nitrogen and oxygen atoms in total. The van der Waals surface area contributed by atoms with Crippen molar-refractivity contribution in [2.75, 3.05) is 13.2 Å². The molecule has 3 N–H and O–H groups in total. The molecule has 1 aromatic carbocycles. The summed E-state index contributed by atoms with van der Waals surface area (Å²) in [6.45, 7) is 1.94. The Labute approximate surface area is 215 Å². The number of hydrogen-bond donors (Lipinski definition) is 3. The molecule has 2 aliphatic rings. The quantitative estimate of drug-likeness (QED) is 0.307. The SMILES string of the molecule is CCC=CC(=O)N(C1CCCCC1)[C@@H]1CC(C(=O)NCCO)=C[C@H](Oc2ccccc2I)[C@H]1O. The number of rotatable bonds is 9. The average Bonchev–Trinajstić information content (AvgIpc) is 2.85.